The highest BCUT2D eigenvalue weighted by atomic mass is 16.5. The van der Waals surface area contributed by atoms with Crippen LogP contribution in [-0.2, 0) is 4.79 Å². The Balaban J connectivity index is 2.03. The molecule has 0 atom stereocenters. The van der Waals surface area contributed by atoms with Crippen LogP contribution in [0.2, 0.25) is 0 Å². The number of benzene rings is 1. The fourth-order valence-electron chi connectivity index (χ4n) is 2.46. The molecular weight excluding hydrogens is 216 g/mol. The SMILES string of the molecule is COc1ccc2c(c1)N(C)CC1(CC1)C(=O)N2. The van der Waals surface area contributed by atoms with Crippen molar-refractivity contribution in [3.8, 4) is 5.75 Å². The summed E-state index contributed by atoms with van der Waals surface area (Å²) in [6, 6.07) is 5.75. The summed E-state index contributed by atoms with van der Waals surface area (Å²) in [4.78, 5) is 14.2. The highest BCUT2D eigenvalue weighted by molar-refractivity contribution is 6.01. The first-order chi connectivity index (χ1) is 8.14. The maximum Gasteiger partial charge on any atom is 0.232 e. The zero-order chi connectivity index (χ0) is 12.0. The van der Waals surface area contributed by atoms with E-state index in [0.717, 1.165) is 36.5 Å². The molecule has 4 nitrogen and oxygen atoms in total. The van der Waals surface area contributed by atoms with Crippen LogP contribution < -0.4 is 15.0 Å². The number of ether oxygens (including phenoxy) is 1. The van der Waals surface area contributed by atoms with Gasteiger partial charge in [0.1, 0.15) is 5.75 Å². The third kappa shape index (κ3) is 1.55. The molecule has 0 radical (unpaired) electrons. The molecule has 1 heterocycles. The van der Waals surface area contributed by atoms with Crippen LogP contribution >= 0.6 is 0 Å². The second-order valence-electron chi connectivity index (χ2n) is 4.97. The van der Waals surface area contributed by atoms with E-state index in [9.17, 15) is 4.79 Å². The number of carbonyl (C=O) groups is 1. The number of fused-ring (bicyclic) bond motifs is 1. The molecule has 0 saturated heterocycles. The van der Waals surface area contributed by atoms with Crippen LogP contribution in [0.1, 0.15) is 12.8 Å². The van der Waals surface area contributed by atoms with E-state index in [2.05, 4.69) is 10.2 Å². The molecule has 1 spiro atoms. The number of nitrogens with zero attached hydrogens (tertiary/aromatic N) is 1. The Morgan fingerprint density at radius 2 is 2.18 bits per heavy atom. The largest absolute Gasteiger partial charge is 0.497 e. The summed E-state index contributed by atoms with van der Waals surface area (Å²) in [5.74, 6) is 0.977. The molecule has 1 fully saturated rings. The monoisotopic (exact) mass is 232 g/mol. The predicted octanol–water partition coefficient (Wildman–Crippen LogP) is 1.86. The minimum atomic E-state index is -0.152. The maximum atomic E-state index is 12.1. The van der Waals surface area contributed by atoms with Gasteiger partial charge < -0.3 is 15.0 Å². The molecular formula is C13H16N2O2. The Morgan fingerprint density at radius 3 is 2.82 bits per heavy atom. The first kappa shape index (κ1) is 10.4. The van der Waals surface area contributed by atoms with Crippen LogP contribution in [0.3, 0.4) is 0 Å². The topological polar surface area (TPSA) is 41.6 Å². The fourth-order valence-corrected chi connectivity index (χ4v) is 2.46. The predicted molar refractivity (Wildman–Crippen MR) is 66.6 cm³/mol. The smallest absolute Gasteiger partial charge is 0.232 e. The van der Waals surface area contributed by atoms with E-state index in [1.807, 2.05) is 25.2 Å². The van der Waals surface area contributed by atoms with E-state index in [1.54, 1.807) is 7.11 Å². The molecule has 2 aliphatic rings. The summed E-state index contributed by atoms with van der Waals surface area (Å²) in [7, 11) is 3.68. The van der Waals surface area contributed by atoms with Gasteiger partial charge in [-0.25, -0.2) is 0 Å². The van der Waals surface area contributed by atoms with Gasteiger partial charge in [0.15, 0.2) is 0 Å². The molecule has 1 aromatic rings. The quantitative estimate of drug-likeness (QED) is 0.803. The van der Waals surface area contributed by atoms with Gasteiger partial charge in [0.25, 0.3) is 0 Å². The molecule has 1 aromatic carbocycles. The van der Waals surface area contributed by atoms with Crippen molar-refractivity contribution < 1.29 is 9.53 Å². The van der Waals surface area contributed by atoms with E-state index < -0.39 is 0 Å². The molecule has 90 valence electrons. The minimum absolute atomic E-state index is 0.152. The van der Waals surface area contributed by atoms with E-state index >= 15 is 0 Å². The summed E-state index contributed by atoms with van der Waals surface area (Å²) in [6.07, 6.45) is 1.99. The summed E-state index contributed by atoms with van der Waals surface area (Å²) < 4.78 is 5.22. The van der Waals surface area contributed by atoms with Crippen LogP contribution in [0.25, 0.3) is 0 Å². The molecule has 0 unspecified atom stereocenters. The number of hydrogen-bond acceptors (Lipinski definition) is 3. The molecule has 0 bridgehead atoms. The van der Waals surface area contributed by atoms with Crippen LogP contribution in [0.5, 0.6) is 5.75 Å². The summed E-state index contributed by atoms with van der Waals surface area (Å²) >= 11 is 0. The standard InChI is InChI=1S/C13H16N2O2/c1-15-8-13(5-6-13)12(16)14-10-4-3-9(17-2)7-11(10)15/h3-4,7H,5-6,8H2,1-2H3,(H,14,16). The van der Waals surface area contributed by atoms with E-state index in [-0.39, 0.29) is 11.3 Å². The number of anilines is 2. The summed E-state index contributed by atoms with van der Waals surface area (Å²) in [5.41, 5.74) is 1.75. The summed E-state index contributed by atoms with van der Waals surface area (Å²) in [6.45, 7) is 0.791. The van der Waals surface area contributed by atoms with Crippen molar-refractivity contribution in [2.45, 2.75) is 12.8 Å². The van der Waals surface area contributed by atoms with Crippen molar-refractivity contribution >= 4 is 17.3 Å². The molecule has 4 heteroatoms. The molecule has 17 heavy (non-hydrogen) atoms. The normalized spacial score (nSPS) is 20.6. The van der Waals surface area contributed by atoms with E-state index in [0.29, 0.717) is 0 Å². The number of rotatable bonds is 1. The van der Waals surface area contributed by atoms with Gasteiger partial charge in [-0.1, -0.05) is 0 Å². The van der Waals surface area contributed by atoms with Crippen LogP contribution in [0, 0.1) is 5.41 Å². The molecule has 1 aliphatic carbocycles. The number of amides is 1. The highest BCUT2D eigenvalue weighted by Gasteiger charge is 2.51. The molecule has 1 aliphatic heterocycles. The van der Waals surface area contributed by atoms with Gasteiger partial charge >= 0.3 is 0 Å². The maximum absolute atomic E-state index is 12.1. The number of nitrogens with one attached hydrogen (secondary N) is 1. The van der Waals surface area contributed by atoms with Crippen LogP contribution in [0.4, 0.5) is 11.4 Å². The lowest BCUT2D eigenvalue weighted by Gasteiger charge is -2.21. The molecule has 1 amide bonds. The Hall–Kier alpha value is -1.71. The van der Waals surface area contributed by atoms with Crippen molar-refractivity contribution in [2.24, 2.45) is 5.41 Å². The van der Waals surface area contributed by atoms with Crippen molar-refractivity contribution in [3.05, 3.63) is 18.2 Å². The molecule has 3 rings (SSSR count). The first-order valence-electron chi connectivity index (χ1n) is 5.85. The van der Waals surface area contributed by atoms with Gasteiger partial charge in [0, 0.05) is 19.7 Å². The zero-order valence-electron chi connectivity index (χ0n) is 10.1. The van der Waals surface area contributed by atoms with Crippen molar-refractivity contribution in [2.75, 3.05) is 30.9 Å². The van der Waals surface area contributed by atoms with Crippen LogP contribution in [0.15, 0.2) is 18.2 Å². The molecule has 0 aromatic heterocycles. The van der Waals surface area contributed by atoms with Gasteiger partial charge in [-0.3, -0.25) is 4.79 Å². The average Bonchev–Trinajstić information content (AvgIpc) is 3.10. The second kappa shape index (κ2) is 3.39. The molecule has 1 N–H and O–H groups in total. The minimum Gasteiger partial charge on any atom is -0.497 e. The summed E-state index contributed by atoms with van der Waals surface area (Å²) in [5, 5.41) is 3.02. The second-order valence-corrected chi connectivity index (χ2v) is 4.97. The Kier molecular flexibility index (Phi) is 2.08. The van der Waals surface area contributed by atoms with E-state index in [1.165, 1.54) is 0 Å². The highest BCUT2D eigenvalue weighted by Crippen LogP contribution is 2.50. The van der Waals surface area contributed by atoms with Gasteiger partial charge in [0.05, 0.1) is 23.9 Å². The third-order valence-corrected chi connectivity index (χ3v) is 3.74. The van der Waals surface area contributed by atoms with Crippen molar-refractivity contribution in [3.63, 3.8) is 0 Å². The first-order valence-corrected chi connectivity index (χ1v) is 5.85. The lowest BCUT2D eigenvalue weighted by molar-refractivity contribution is -0.120. The van der Waals surface area contributed by atoms with Gasteiger partial charge in [-0.15, -0.1) is 0 Å². The van der Waals surface area contributed by atoms with E-state index in [4.69, 9.17) is 4.74 Å². The van der Waals surface area contributed by atoms with Crippen LogP contribution in [-0.4, -0.2) is 26.6 Å². The number of hydrogen-bond donors (Lipinski definition) is 1. The number of carbonyl (C=O) groups excluding carboxylic acids is 1. The number of methoxy groups -OCH3 is 1. The molecule has 1 saturated carbocycles. The van der Waals surface area contributed by atoms with Crippen molar-refractivity contribution in [1.82, 2.24) is 0 Å². The van der Waals surface area contributed by atoms with Crippen molar-refractivity contribution in [1.29, 1.82) is 0 Å². The Morgan fingerprint density at radius 1 is 1.41 bits per heavy atom. The Labute approximate surface area is 101 Å². The zero-order valence-corrected chi connectivity index (χ0v) is 10.1. The van der Waals surface area contributed by atoms with Gasteiger partial charge in [0.2, 0.25) is 5.91 Å². The van der Waals surface area contributed by atoms with Gasteiger partial charge in [-0.05, 0) is 25.0 Å². The third-order valence-electron chi connectivity index (χ3n) is 3.74. The lowest BCUT2D eigenvalue weighted by Crippen LogP contribution is -2.31. The van der Waals surface area contributed by atoms with Gasteiger partial charge in [-0.2, -0.15) is 0 Å². The fraction of sp³-hybridized carbons (Fsp3) is 0.462. The Bertz CT molecular complexity index is 480. The average molecular weight is 232 g/mol. The lowest BCUT2D eigenvalue weighted by atomic mass is 10.1.